The van der Waals surface area contributed by atoms with E-state index in [-0.39, 0.29) is 5.91 Å². The zero-order valence-electron chi connectivity index (χ0n) is 14.3. The molecular weight excluding hydrogens is 302 g/mol. The van der Waals surface area contributed by atoms with Gasteiger partial charge in [0.25, 0.3) is 5.91 Å². The lowest BCUT2D eigenvalue weighted by molar-refractivity contribution is -0.117. The molecule has 5 nitrogen and oxygen atoms in total. The quantitative estimate of drug-likeness (QED) is 0.808. The van der Waals surface area contributed by atoms with Gasteiger partial charge in [-0.25, -0.2) is 0 Å². The first-order valence-electron chi connectivity index (χ1n) is 8.59. The standard InChI is InChI=1S/C19H25N3O2/c1-3-10-20-19(23)16-11-18(15-6-8-17(24-2)9-7-15)21-22(13-16)12-14-4-5-14/h6-9,11,13-14,21H,3-5,10,12H2,1-2H3,(H,20,23). The molecule has 5 heteroatoms. The van der Waals surface area contributed by atoms with E-state index in [0.29, 0.717) is 12.1 Å². The van der Waals surface area contributed by atoms with Gasteiger partial charge >= 0.3 is 0 Å². The zero-order chi connectivity index (χ0) is 16.9. The van der Waals surface area contributed by atoms with Crippen molar-refractivity contribution in [3.05, 3.63) is 47.7 Å². The first-order chi connectivity index (χ1) is 11.7. The number of nitrogens with one attached hydrogen (secondary N) is 2. The van der Waals surface area contributed by atoms with Gasteiger partial charge in [0.05, 0.1) is 18.4 Å². The van der Waals surface area contributed by atoms with Gasteiger partial charge in [-0.3, -0.25) is 15.2 Å². The highest BCUT2D eigenvalue weighted by molar-refractivity contribution is 5.98. The lowest BCUT2D eigenvalue weighted by Crippen LogP contribution is -2.38. The van der Waals surface area contributed by atoms with Crippen LogP contribution in [0.2, 0.25) is 0 Å². The van der Waals surface area contributed by atoms with E-state index in [0.717, 1.165) is 35.9 Å². The molecule has 0 bridgehead atoms. The van der Waals surface area contributed by atoms with Crippen LogP contribution in [0.1, 0.15) is 31.7 Å². The fraction of sp³-hybridized carbons (Fsp3) is 0.421. The summed E-state index contributed by atoms with van der Waals surface area (Å²) in [5, 5.41) is 5.00. The molecule has 2 aliphatic rings. The Morgan fingerprint density at radius 3 is 2.71 bits per heavy atom. The van der Waals surface area contributed by atoms with Gasteiger partial charge in [0.2, 0.25) is 0 Å². The van der Waals surface area contributed by atoms with E-state index in [9.17, 15) is 4.79 Å². The zero-order valence-corrected chi connectivity index (χ0v) is 14.3. The molecule has 0 radical (unpaired) electrons. The molecule has 0 spiro atoms. The minimum Gasteiger partial charge on any atom is -0.497 e. The van der Waals surface area contributed by atoms with Crippen molar-refractivity contribution in [3.63, 3.8) is 0 Å². The third kappa shape index (κ3) is 4.10. The van der Waals surface area contributed by atoms with E-state index in [1.54, 1.807) is 7.11 Å². The Hall–Kier alpha value is -2.43. The van der Waals surface area contributed by atoms with Crippen molar-refractivity contribution in [2.45, 2.75) is 26.2 Å². The topological polar surface area (TPSA) is 53.6 Å². The van der Waals surface area contributed by atoms with Crippen LogP contribution in [0.15, 0.2) is 42.1 Å². The second kappa shape index (κ2) is 7.43. The Bertz CT molecular complexity index is 645. The van der Waals surface area contributed by atoms with Crippen LogP contribution >= 0.6 is 0 Å². The molecule has 1 saturated carbocycles. The maximum absolute atomic E-state index is 12.4. The Morgan fingerprint density at radius 1 is 1.33 bits per heavy atom. The van der Waals surface area contributed by atoms with Crippen molar-refractivity contribution in [1.29, 1.82) is 0 Å². The fourth-order valence-corrected chi connectivity index (χ4v) is 2.64. The number of ether oxygens (including phenoxy) is 1. The average molecular weight is 327 g/mol. The number of hydrazine groups is 1. The molecule has 1 amide bonds. The molecule has 2 N–H and O–H groups in total. The first-order valence-corrected chi connectivity index (χ1v) is 8.59. The van der Waals surface area contributed by atoms with Crippen molar-refractivity contribution < 1.29 is 9.53 Å². The third-order valence-electron chi connectivity index (χ3n) is 4.21. The minimum atomic E-state index is -0.0230. The second-order valence-electron chi connectivity index (χ2n) is 6.33. The van der Waals surface area contributed by atoms with Crippen LogP contribution in [0, 0.1) is 5.92 Å². The Morgan fingerprint density at radius 2 is 2.08 bits per heavy atom. The molecule has 128 valence electrons. The van der Waals surface area contributed by atoms with Gasteiger partial charge in [0.1, 0.15) is 5.75 Å². The Labute approximate surface area is 143 Å². The number of amides is 1. The van der Waals surface area contributed by atoms with Crippen LogP contribution in [-0.4, -0.2) is 31.1 Å². The van der Waals surface area contributed by atoms with Gasteiger partial charge in [-0.05, 0) is 61.1 Å². The van der Waals surface area contributed by atoms with Gasteiger partial charge in [-0.15, -0.1) is 0 Å². The summed E-state index contributed by atoms with van der Waals surface area (Å²) in [5.41, 5.74) is 6.07. The molecule has 1 heterocycles. The normalized spacial score (nSPS) is 16.8. The number of hydrogen-bond acceptors (Lipinski definition) is 4. The molecular formula is C19H25N3O2. The lowest BCUT2D eigenvalue weighted by atomic mass is 10.1. The first kappa shape index (κ1) is 16.4. The minimum absolute atomic E-state index is 0.0230. The molecule has 1 aromatic carbocycles. The highest BCUT2D eigenvalue weighted by atomic mass is 16.5. The van der Waals surface area contributed by atoms with Gasteiger partial charge in [-0.2, -0.15) is 0 Å². The highest BCUT2D eigenvalue weighted by Crippen LogP contribution is 2.31. The Kier molecular flexibility index (Phi) is 5.08. The van der Waals surface area contributed by atoms with Gasteiger partial charge in [0.15, 0.2) is 0 Å². The molecule has 0 unspecified atom stereocenters. The number of nitrogens with zero attached hydrogens (tertiary/aromatic N) is 1. The summed E-state index contributed by atoms with van der Waals surface area (Å²) in [6, 6.07) is 7.86. The molecule has 1 aliphatic heterocycles. The monoisotopic (exact) mass is 327 g/mol. The average Bonchev–Trinajstić information content (AvgIpc) is 3.43. The number of carbonyl (C=O) groups excluding carboxylic acids is 1. The molecule has 1 aliphatic carbocycles. The molecule has 3 rings (SSSR count). The second-order valence-corrected chi connectivity index (χ2v) is 6.33. The number of hydrogen-bond donors (Lipinski definition) is 2. The number of rotatable bonds is 7. The van der Waals surface area contributed by atoms with Crippen molar-refractivity contribution in [3.8, 4) is 5.75 Å². The van der Waals surface area contributed by atoms with Crippen molar-refractivity contribution in [1.82, 2.24) is 15.8 Å². The van der Waals surface area contributed by atoms with Crippen LogP contribution in [0.5, 0.6) is 5.75 Å². The van der Waals surface area contributed by atoms with Crippen molar-refractivity contribution in [2.24, 2.45) is 5.92 Å². The van der Waals surface area contributed by atoms with Crippen molar-refractivity contribution in [2.75, 3.05) is 20.2 Å². The van der Waals surface area contributed by atoms with Gasteiger partial charge in [0, 0.05) is 19.3 Å². The predicted octanol–water partition coefficient (Wildman–Crippen LogP) is 2.68. The smallest absolute Gasteiger partial charge is 0.252 e. The summed E-state index contributed by atoms with van der Waals surface area (Å²) in [5.74, 6) is 1.52. The molecule has 24 heavy (non-hydrogen) atoms. The van der Waals surface area contributed by atoms with E-state index in [2.05, 4.69) is 17.7 Å². The van der Waals surface area contributed by atoms with Crippen molar-refractivity contribution >= 4 is 11.6 Å². The summed E-state index contributed by atoms with van der Waals surface area (Å²) < 4.78 is 5.22. The van der Waals surface area contributed by atoms with E-state index >= 15 is 0 Å². The van der Waals surface area contributed by atoms with Crippen LogP contribution in [0.4, 0.5) is 0 Å². The van der Waals surface area contributed by atoms with Crippen LogP contribution in [0.25, 0.3) is 5.70 Å². The molecule has 1 aromatic rings. The number of benzene rings is 1. The van der Waals surface area contributed by atoms with Crippen LogP contribution in [0.3, 0.4) is 0 Å². The highest BCUT2D eigenvalue weighted by Gasteiger charge is 2.26. The molecule has 1 fully saturated rings. The summed E-state index contributed by atoms with van der Waals surface area (Å²) >= 11 is 0. The van der Waals surface area contributed by atoms with Crippen LogP contribution < -0.4 is 15.5 Å². The number of carbonyl (C=O) groups is 1. The summed E-state index contributed by atoms with van der Waals surface area (Å²) in [6.45, 7) is 3.67. The summed E-state index contributed by atoms with van der Waals surface area (Å²) in [6.07, 6.45) is 7.29. The summed E-state index contributed by atoms with van der Waals surface area (Å²) in [4.78, 5) is 12.4. The van der Waals surface area contributed by atoms with E-state index in [1.165, 1.54) is 12.8 Å². The fourth-order valence-electron chi connectivity index (χ4n) is 2.64. The van der Waals surface area contributed by atoms with Gasteiger partial charge < -0.3 is 10.1 Å². The van der Waals surface area contributed by atoms with E-state index in [4.69, 9.17) is 4.74 Å². The van der Waals surface area contributed by atoms with E-state index < -0.39 is 0 Å². The predicted molar refractivity (Wildman–Crippen MR) is 94.9 cm³/mol. The molecule has 0 atom stereocenters. The molecule has 0 saturated heterocycles. The van der Waals surface area contributed by atoms with Gasteiger partial charge in [-0.1, -0.05) is 6.92 Å². The number of methoxy groups -OCH3 is 1. The largest absolute Gasteiger partial charge is 0.497 e. The molecule has 0 aromatic heterocycles. The van der Waals surface area contributed by atoms with Crippen LogP contribution in [-0.2, 0) is 4.79 Å². The summed E-state index contributed by atoms with van der Waals surface area (Å²) in [7, 11) is 1.66. The third-order valence-corrected chi connectivity index (χ3v) is 4.21. The Balaban J connectivity index is 1.81. The lowest BCUT2D eigenvalue weighted by Gasteiger charge is -2.29. The maximum Gasteiger partial charge on any atom is 0.252 e. The maximum atomic E-state index is 12.4. The van der Waals surface area contributed by atoms with E-state index in [1.807, 2.05) is 41.6 Å². The SMILES string of the molecule is CCCNC(=O)C1=CN(CC2CC2)NC(c2ccc(OC)cc2)=C1.